The van der Waals surface area contributed by atoms with Gasteiger partial charge in [0.25, 0.3) is 0 Å². The van der Waals surface area contributed by atoms with Gasteiger partial charge in [0, 0.05) is 5.57 Å². The van der Waals surface area contributed by atoms with Gasteiger partial charge >= 0.3 is 0 Å². The topological polar surface area (TPSA) is 42.0 Å². The van der Waals surface area contributed by atoms with Crippen molar-refractivity contribution >= 4 is 8.32 Å². The third kappa shape index (κ3) is 2.28. The highest BCUT2D eigenvalue weighted by Crippen LogP contribution is 2.43. The summed E-state index contributed by atoms with van der Waals surface area (Å²) in [6.45, 7) is 11.0. The lowest BCUT2D eigenvalue weighted by atomic mass is 9.95. The van der Waals surface area contributed by atoms with Crippen molar-refractivity contribution in [3.8, 4) is 12.3 Å². The predicted molar refractivity (Wildman–Crippen MR) is 73.7 cm³/mol. The van der Waals surface area contributed by atoms with E-state index < -0.39 is 14.4 Å². The molecule has 0 spiro atoms. The Hall–Kier alpha value is -0.603. The first-order valence-corrected chi connectivity index (χ1v) is 9.28. The molecule has 0 unspecified atom stereocenters. The fourth-order valence-electron chi connectivity index (χ4n) is 1.95. The minimum absolute atomic E-state index is 0.0220. The fourth-order valence-corrected chi connectivity index (χ4v) is 3.19. The van der Waals surface area contributed by atoms with Gasteiger partial charge in [-0.2, -0.15) is 0 Å². The van der Waals surface area contributed by atoms with Crippen molar-refractivity contribution in [2.45, 2.75) is 63.3 Å². The van der Waals surface area contributed by atoms with Crippen LogP contribution in [-0.2, 0) is 9.16 Å². The van der Waals surface area contributed by atoms with Crippen LogP contribution < -0.4 is 0 Å². The molecule has 4 atom stereocenters. The zero-order valence-electron chi connectivity index (χ0n) is 11.7. The fraction of sp³-hybridized carbons (Fsp3) is 0.714. The molecule has 4 heteroatoms. The van der Waals surface area contributed by atoms with Crippen molar-refractivity contribution < 1.29 is 14.3 Å². The van der Waals surface area contributed by atoms with E-state index in [1.807, 2.05) is 6.08 Å². The van der Waals surface area contributed by atoms with E-state index in [1.54, 1.807) is 0 Å². The van der Waals surface area contributed by atoms with Gasteiger partial charge in [-0.25, -0.2) is 0 Å². The number of aliphatic hydroxyl groups is 1. The van der Waals surface area contributed by atoms with Crippen LogP contribution in [0.1, 0.15) is 20.8 Å². The molecular weight excluding hydrogens is 244 g/mol. The number of terminal acetylenes is 1. The second kappa shape index (κ2) is 4.21. The maximum atomic E-state index is 9.88. The molecule has 2 rings (SSSR count). The number of epoxide rings is 1. The summed E-state index contributed by atoms with van der Waals surface area (Å²) >= 11 is 0. The molecule has 0 amide bonds. The zero-order valence-corrected chi connectivity index (χ0v) is 12.7. The minimum Gasteiger partial charge on any atom is -0.408 e. The standard InChI is InChI=1S/C14H22O3Si/c1-7-9-8-10(12-13(16-12)11(9)15)17-18(5,6)14(2,3)4/h1,8,10-13,15H,2-6H3/t10-,11+,12+,13-/m0/s1. The minimum atomic E-state index is -1.85. The maximum absolute atomic E-state index is 9.88. The Bertz CT molecular complexity index is 414. The molecular formula is C14H22O3Si. The number of hydrogen-bond acceptors (Lipinski definition) is 3. The smallest absolute Gasteiger partial charge is 0.193 e. The van der Waals surface area contributed by atoms with Crippen molar-refractivity contribution in [3.05, 3.63) is 11.6 Å². The number of ether oxygens (including phenoxy) is 1. The van der Waals surface area contributed by atoms with E-state index in [-0.39, 0.29) is 23.4 Å². The van der Waals surface area contributed by atoms with Gasteiger partial charge in [-0.1, -0.05) is 26.7 Å². The van der Waals surface area contributed by atoms with Gasteiger partial charge in [0.05, 0.1) is 6.10 Å². The normalized spacial score (nSPS) is 35.5. The molecule has 1 aliphatic carbocycles. The van der Waals surface area contributed by atoms with Crippen LogP contribution in [0.4, 0.5) is 0 Å². The van der Waals surface area contributed by atoms with Gasteiger partial charge in [0.1, 0.15) is 18.3 Å². The van der Waals surface area contributed by atoms with Crippen LogP contribution in [0.5, 0.6) is 0 Å². The molecule has 0 saturated carbocycles. The van der Waals surface area contributed by atoms with E-state index >= 15 is 0 Å². The van der Waals surface area contributed by atoms with Crippen LogP contribution in [0, 0.1) is 12.3 Å². The zero-order chi connectivity index (χ0) is 13.7. The lowest BCUT2D eigenvalue weighted by Crippen LogP contribution is -2.46. The summed E-state index contributed by atoms with van der Waals surface area (Å²) in [6.07, 6.45) is 6.32. The van der Waals surface area contributed by atoms with E-state index in [4.69, 9.17) is 15.6 Å². The molecule has 100 valence electrons. The van der Waals surface area contributed by atoms with E-state index in [2.05, 4.69) is 39.8 Å². The Kier molecular flexibility index (Phi) is 3.23. The Morgan fingerprint density at radius 2 is 2.00 bits per heavy atom. The Morgan fingerprint density at radius 3 is 2.50 bits per heavy atom. The van der Waals surface area contributed by atoms with Crippen LogP contribution in [0.25, 0.3) is 0 Å². The molecule has 0 bridgehead atoms. The first kappa shape index (κ1) is 13.8. The van der Waals surface area contributed by atoms with Crippen molar-refractivity contribution in [3.63, 3.8) is 0 Å². The highest BCUT2D eigenvalue weighted by Gasteiger charge is 2.55. The van der Waals surface area contributed by atoms with Gasteiger partial charge in [-0.15, -0.1) is 6.42 Å². The second-order valence-electron chi connectivity index (χ2n) is 6.62. The number of aliphatic hydroxyl groups excluding tert-OH is 1. The van der Waals surface area contributed by atoms with Gasteiger partial charge in [-0.05, 0) is 24.2 Å². The maximum Gasteiger partial charge on any atom is 0.193 e. The highest BCUT2D eigenvalue weighted by atomic mass is 28.4. The van der Waals surface area contributed by atoms with Crippen LogP contribution in [0.2, 0.25) is 18.1 Å². The van der Waals surface area contributed by atoms with Gasteiger partial charge in [0.15, 0.2) is 8.32 Å². The molecule has 3 nitrogen and oxygen atoms in total. The molecule has 1 N–H and O–H groups in total. The summed E-state index contributed by atoms with van der Waals surface area (Å²) < 4.78 is 11.8. The van der Waals surface area contributed by atoms with E-state index in [1.165, 1.54) is 0 Å². The Labute approximate surface area is 110 Å². The SMILES string of the molecule is C#CC1=C[C@H](O[Si](C)(C)C(C)(C)C)[C@H]2O[C@H]2[C@@H]1O. The summed E-state index contributed by atoms with van der Waals surface area (Å²) in [5, 5.41) is 10.0. The quantitative estimate of drug-likeness (QED) is 0.473. The Balaban J connectivity index is 2.16. The molecule has 0 aromatic heterocycles. The average molecular weight is 266 g/mol. The van der Waals surface area contributed by atoms with Crippen molar-refractivity contribution in [1.82, 2.24) is 0 Å². The largest absolute Gasteiger partial charge is 0.408 e. The van der Waals surface area contributed by atoms with E-state index in [0.29, 0.717) is 5.57 Å². The summed E-state index contributed by atoms with van der Waals surface area (Å²) in [5.41, 5.74) is 0.595. The molecule has 0 aromatic carbocycles. The molecule has 0 aromatic rings. The van der Waals surface area contributed by atoms with Gasteiger partial charge in [0.2, 0.25) is 0 Å². The second-order valence-corrected chi connectivity index (χ2v) is 11.4. The monoisotopic (exact) mass is 266 g/mol. The third-order valence-corrected chi connectivity index (χ3v) is 8.74. The summed E-state index contributed by atoms with van der Waals surface area (Å²) in [7, 11) is -1.85. The Morgan fingerprint density at radius 1 is 1.39 bits per heavy atom. The molecule has 2 aliphatic rings. The predicted octanol–water partition coefficient (Wildman–Crippen LogP) is 2.08. The summed E-state index contributed by atoms with van der Waals surface area (Å²) in [6, 6.07) is 0. The van der Waals surface area contributed by atoms with Crippen LogP contribution >= 0.6 is 0 Å². The molecule has 0 radical (unpaired) electrons. The van der Waals surface area contributed by atoms with Crippen LogP contribution in [0.15, 0.2) is 11.6 Å². The molecule has 18 heavy (non-hydrogen) atoms. The van der Waals surface area contributed by atoms with Gasteiger partial charge in [-0.3, -0.25) is 0 Å². The van der Waals surface area contributed by atoms with Crippen molar-refractivity contribution in [1.29, 1.82) is 0 Å². The van der Waals surface area contributed by atoms with Crippen LogP contribution in [-0.4, -0.2) is 37.8 Å². The lowest BCUT2D eigenvalue weighted by molar-refractivity contribution is 0.169. The molecule has 1 heterocycles. The van der Waals surface area contributed by atoms with Crippen LogP contribution in [0.3, 0.4) is 0 Å². The average Bonchev–Trinajstić information content (AvgIpc) is 3.00. The number of hydrogen-bond donors (Lipinski definition) is 1. The van der Waals surface area contributed by atoms with Crippen molar-refractivity contribution in [2.24, 2.45) is 0 Å². The summed E-state index contributed by atoms with van der Waals surface area (Å²) in [5.74, 6) is 2.53. The van der Waals surface area contributed by atoms with E-state index in [0.717, 1.165) is 0 Å². The lowest BCUT2D eigenvalue weighted by Gasteiger charge is -2.39. The molecule has 1 aliphatic heterocycles. The summed E-state index contributed by atoms with van der Waals surface area (Å²) in [4.78, 5) is 0. The third-order valence-electron chi connectivity index (χ3n) is 4.26. The van der Waals surface area contributed by atoms with Crippen molar-refractivity contribution in [2.75, 3.05) is 0 Å². The number of fused-ring (bicyclic) bond motifs is 1. The molecule has 1 fully saturated rings. The first-order valence-electron chi connectivity index (χ1n) is 6.37. The first-order chi connectivity index (χ1) is 8.17. The molecule has 1 saturated heterocycles. The van der Waals surface area contributed by atoms with Gasteiger partial charge < -0.3 is 14.3 Å². The number of rotatable bonds is 2. The van der Waals surface area contributed by atoms with E-state index in [9.17, 15) is 5.11 Å². The highest BCUT2D eigenvalue weighted by molar-refractivity contribution is 6.74.